The van der Waals surface area contributed by atoms with Crippen molar-refractivity contribution in [2.24, 2.45) is 0 Å². The zero-order valence-corrected chi connectivity index (χ0v) is 12.7. The van der Waals surface area contributed by atoms with Crippen LogP contribution in [0.4, 0.5) is 16.0 Å². The zero-order valence-electron chi connectivity index (χ0n) is 12.7. The fraction of sp³-hybridized carbons (Fsp3) is 0.312. The number of hydrogen-bond acceptors (Lipinski definition) is 5. The molecule has 1 N–H and O–H groups in total. The van der Waals surface area contributed by atoms with Crippen molar-refractivity contribution in [3.05, 3.63) is 47.8 Å². The first kappa shape index (κ1) is 14.4. The number of hydrogen-bond donors (Lipinski definition) is 1. The van der Waals surface area contributed by atoms with E-state index in [0.717, 1.165) is 30.1 Å². The van der Waals surface area contributed by atoms with Crippen molar-refractivity contribution in [1.29, 1.82) is 0 Å². The molecular formula is C16H18FN5. The van der Waals surface area contributed by atoms with Gasteiger partial charge in [-0.25, -0.2) is 14.4 Å². The van der Waals surface area contributed by atoms with E-state index < -0.39 is 0 Å². The molecule has 0 atom stereocenters. The summed E-state index contributed by atoms with van der Waals surface area (Å²) < 4.78 is 13.9. The fourth-order valence-corrected chi connectivity index (χ4v) is 2.56. The SMILES string of the molecule is CNc1cnc(C2=C(C)CCN(c3ncccc3F)C2)cn1. The molecule has 5 nitrogen and oxygen atoms in total. The van der Waals surface area contributed by atoms with Gasteiger partial charge in [0, 0.05) is 26.3 Å². The summed E-state index contributed by atoms with van der Waals surface area (Å²) in [4.78, 5) is 14.9. The van der Waals surface area contributed by atoms with Crippen LogP contribution in [0.3, 0.4) is 0 Å². The van der Waals surface area contributed by atoms with Crippen molar-refractivity contribution in [2.75, 3.05) is 30.4 Å². The predicted molar refractivity (Wildman–Crippen MR) is 85.2 cm³/mol. The van der Waals surface area contributed by atoms with Gasteiger partial charge in [-0.15, -0.1) is 0 Å². The van der Waals surface area contributed by atoms with Crippen LogP contribution in [0.5, 0.6) is 0 Å². The first-order valence-corrected chi connectivity index (χ1v) is 7.23. The van der Waals surface area contributed by atoms with Crippen molar-refractivity contribution in [3.63, 3.8) is 0 Å². The van der Waals surface area contributed by atoms with Crippen molar-refractivity contribution in [1.82, 2.24) is 15.0 Å². The Morgan fingerprint density at radius 3 is 2.77 bits per heavy atom. The van der Waals surface area contributed by atoms with Gasteiger partial charge in [-0.3, -0.25) is 4.98 Å². The van der Waals surface area contributed by atoms with Crippen LogP contribution in [0.1, 0.15) is 19.0 Å². The lowest BCUT2D eigenvalue weighted by molar-refractivity contribution is 0.610. The maximum atomic E-state index is 13.9. The average Bonchev–Trinajstić information content (AvgIpc) is 2.56. The Bertz CT molecular complexity index is 696. The fourth-order valence-electron chi connectivity index (χ4n) is 2.56. The first-order valence-electron chi connectivity index (χ1n) is 7.23. The largest absolute Gasteiger partial charge is 0.372 e. The van der Waals surface area contributed by atoms with Crippen LogP contribution < -0.4 is 10.2 Å². The summed E-state index contributed by atoms with van der Waals surface area (Å²) in [6, 6.07) is 3.04. The molecule has 3 heterocycles. The third-order valence-electron chi connectivity index (χ3n) is 3.88. The zero-order chi connectivity index (χ0) is 15.5. The molecule has 0 unspecified atom stereocenters. The van der Waals surface area contributed by atoms with Gasteiger partial charge in [0.25, 0.3) is 0 Å². The molecule has 0 radical (unpaired) electrons. The number of halogens is 1. The van der Waals surface area contributed by atoms with Crippen LogP contribution in [-0.4, -0.2) is 35.1 Å². The lowest BCUT2D eigenvalue weighted by atomic mass is 9.99. The van der Waals surface area contributed by atoms with Gasteiger partial charge in [-0.2, -0.15) is 0 Å². The van der Waals surface area contributed by atoms with E-state index in [1.165, 1.54) is 11.6 Å². The third kappa shape index (κ3) is 2.77. The molecule has 22 heavy (non-hydrogen) atoms. The summed E-state index contributed by atoms with van der Waals surface area (Å²) in [5.74, 6) is 0.829. The van der Waals surface area contributed by atoms with Crippen molar-refractivity contribution in [3.8, 4) is 0 Å². The van der Waals surface area contributed by atoms with Crippen LogP contribution in [0.15, 0.2) is 36.3 Å². The topological polar surface area (TPSA) is 53.9 Å². The normalized spacial score (nSPS) is 15.1. The summed E-state index contributed by atoms with van der Waals surface area (Å²) >= 11 is 0. The van der Waals surface area contributed by atoms with Crippen molar-refractivity contribution < 1.29 is 4.39 Å². The minimum Gasteiger partial charge on any atom is -0.372 e. The molecule has 0 saturated carbocycles. The van der Waals surface area contributed by atoms with E-state index in [1.807, 2.05) is 4.90 Å². The molecule has 0 bridgehead atoms. The Morgan fingerprint density at radius 2 is 2.09 bits per heavy atom. The molecule has 114 valence electrons. The Morgan fingerprint density at radius 1 is 1.23 bits per heavy atom. The van der Waals surface area contributed by atoms with Crippen LogP contribution in [0.25, 0.3) is 5.57 Å². The maximum absolute atomic E-state index is 13.9. The molecule has 0 fully saturated rings. The Hall–Kier alpha value is -2.50. The van der Waals surface area contributed by atoms with Gasteiger partial charge in [0.15, 0.2) is 11.6 Å². The first-order chi connectivity index (χ1) is 10.7. The second-order valence-corrected chi connectivity index (χ2v) is 5.28. The van der Waals surface area contributed by atoms with Gasteiger partial charge < -0.3 is 10.2 Å². The van der Waals surface area contributed by atoms with Gasteiger partial charge in [-0.05, 0) is 31.1 Å². The highest BCUT2D eigenvalue weighted by atomic mass is 19.1. The monoisotopic (exact) mass is 299 g/mol. The van der Waals surface area contributed by atoms with Gasteiger partial charge >= 0.3 is 0 Å². The molecular weight excluding hydrogens is 281 g/mol. The second kappa shape index (κ2) is 6.09. The van der Waals surface area contributed by atoms with Crippen LogP contribution >= 0.6 is 0 Å². The molecule has 6 heteroatoms. The second-order valence-electron chi connectivity index (χ2n) is 5.28. The number of pyridine rings is 1. The molecule has 0 aromatic carbocycles. The molecule has 0 spiro atoms. The Balaban J connectivity index is 1.89. The molecule has 0 aliphatic carbocycles. The minimum atomic E-state index is -0.294. The van der Waals surface area contributed by atoms with Crippen LogP contribution in [0.2, 0.25) is 0 Å². The number of anilines is 2. The van der Waals surface area contributed by atoms with Gasteiger partial charge in [0.2, 0.25) is 0 Å². The summed E-state index contributed by atoms with van der Waals surface area (Å²) in [6.45, 7) is 3.44. The highest BCUT2D eigenvalue weighted by Crippen LogP contribution is 2.28. The standard InChI is InChI=1S/C16H18FN5/c1-11-5-7-22(16-13(17)4-3-6-19-16)10-12(11)14-8-21-15(18-2)9-20-14/h3-4,6,8-9H,5,7,10H2,1-2H3,(H,18,21). The number of aromatic nitrogens is 3. The molecule has 0 amide bonds. The third-order valence-corrected chi connectivity index (χ3v) is 3.88. The summed E-state index contributed by atoms with van der Waals surface area (Å²) in [6.07, 6.45) is 5.93. The number of nitrogens with one attached hydrogen (secondary N) is 1. The van der Waals surface area contributed by atoms with E-state index >= 15 is 0 Å². The molecule has 1 aliphatic heterocycles. The van der Waals surface area contributed by atoms with Gasteiger partial charge in [0.05, 0.1) is 18.1 Å². The Kier molecular flexibility index (Phi) is 4.00. The lowest BCUT2D eigenvalue weighted by Crippen LogP contribution is -2.32. The quantitative estimate of drug-likeness (QED) is 0.944. The summed E-state index contributed by atoms with van der Waals surface area (Å²) in [5, 5.41) is 2.95. The van der Waals surface area contributed by atoms with Crippen LogP contribution in [0, 0.1) is 5.82 Å². The van der Waals surface area contributed by atoms with Crippen molar-refractivity contribution >= 4 is 17.2 Å². The lowest BCUT2D eigenvalue weighted by Gasteiger charge is -2.30. The van der Waals surface area contributed by atoms with E-state index in [1.54, 1.807) is 31.7 Å². The van der Waals surface area contributed by atoms with E-state index in [9.17, 15) is 4.39 Å². The van der Waals surface area contributed by atoms with E-state index in [4.69, 9.17) is 0 Å². The van der Waals surface area contributed by atoms with E-state index in [2.05, 4.69) is 27.2 Å². The van der Waals surface area contributed by atoms with Crippen molar-refractivity contribution in [2.45, 2.75) is 13.3 Å². The Labute approximate surface area is 128 Å². The average molecular weight is 299 g/mol. The van der Waals surface area contributed by atoms with Gasteiger partial charge in [-0.1, -0.05) is 5.57 Å². The molecule has 3 rings (SSSR count). The van der Waals surface area contributed by atoms with Crippen LogP contribution in [-0.2, 0) is 0 Å². The number of nitrogens with zero attached hydrogens (tertiary/aromatic N) is 4. The number of rotatable bonds is 3. The highest BCUT2D eigenvalue weighted by molar-refractivity contribution is 5.71. The summed E-state index contributed by atoms with van der Waals surface area (Å²) in [5.41, 5.74) is 3.18. The molecule has 2 aromatic rings. The maximum Gasteiger partial charge on any atom is 0.165 e. The molecule has 2 aromatic heterocycles. The minimum absolute atomic E-state index is 0.294. The highest BCUT2D eigenvalue weighted by Gasteiger charge is 2.22. The molecule has 1 aliphatic rings. The van der Waals surface area contributed by atoms with E-state index in [-0.39, 0.29) is 5.82 Å². The summed E-state index contributed by atoms with van der Waals surface area (Å²) in [7, 11) is 1.81. The smallest absolute Gasteiger partial charge is 0.165 e. The predicted octanol–water partition coefficient (Wildman–Crippen LogP) is 2.74. The van der Waals surface area contributed by atoms with Gasteiger partial charge in [0.1, 0.15) is 5.82 Å². The van der Waals surface area contributed by atoms with E-state index in [0.29, 0.717) is 12.4 Å². The molecule has 0 saturated heterocycles.